The van der Waals surface area contributed by atoms with E-state index in [9.17, 15) is 27.9 Å². The number of nitrogens with one attached hydrogen (secondary N) is 1. The zero-order chi connectivity index (χ0) is 27.1. The lowest BCUT2D eigenvalue weighted by Crippen LogP contribution is -2.59. The number of rotatable bonds is 4. The molecule has 11 heteroatoms. The Morgan fingerprint density at radius 3 is 2.26 bits per heavy atom. The van der Waals surface area contributed by atoms with Gasteiger partial charge in [0.15, 0.2) is 0 Å². The Kier molecular flexibility index (Phi) is 7.15. The van der Waals surface area contributed by atoms with Crippen LogP contribution in [0.25, 0.3) is 10.8 Å². The van der Waals surface area contributed by atoms with E-state index in [1.54, 1.807) is 12.3 Å². The minimum Gasteiger partial charge on any atom is -0.369 e. The van der Waals surface area contributed by atoms with E-state index in [0.29, 0.717) is 23.3 Å². The van der Waals surface area contributed by atoms with Crippen LogP contribution >= 0.6 is 11.6 Å². The molecule has 0 spiro atoms. The number of alkyl halides is 3. The molecule has 2 saturated heterocycles. The highest BCUT2D eigenvalue weighted by Gasteiger charge is 2.62. The maximum atomic E-state index is 13.9. The number of nitrogens with zero attached hydrogens (tertiary/aromatic N) is 3. The Morgan fingerprint density at radius 2 is 1.63 bits per heavy atom. The summed E-state index contributed by atoms with van der Waals surface area (Å²) in [5.74, 6) is -1.33. The van der Waals surface area contributed by atoms with E-state index in [0.717, 1.165) is 54.3 Å². The van der Waals surface area contributed by atoms with Crippen LogP contribution in [0, 0.1) is 0 Å². The van der Waals surface area contributed by atoms with Crippen molar-refractivity contribution in [1.82, 2.24) is 14.8 Å². The second kappa shape index (κ2) is 10.2. The summed E-state index contributed by atoms with van der Waals surface area (Å²) in [5, 5.41) is 12.3. The van der Waals surface area contributed by atoms with E-state index in [1.165, 1.54) is 18.2 Å². The van der Waals surface area contributed by atoms with Crippen LogP contribution in [-0.2, 0) is 10.4 Å². The quantitative estimate of drug-likeness (QED) is 0.519. The highest BCUT2D eigenvalue weighted by molar-refractivity contribution is 6.35. The minimum absolute atomic E-state index is 0.135. The van der Waals surface area contributed by atoms with Crippen molar-refractivity contribution in [1.29, 1.82) is 0 Å². The summed E-state index contributed by atoms with van der Waals surface area (Å²) in [5.41, 5.74) is -3.35. The summed E-state index contributed by atoms with van der Waals surface area (Å²) in [6, 6.07) is 12.2. The van der Waals surface area contributed by atoms with Gasteiger partial charge in [0.05, 0.1) is 10.4 Å². The summed E-state index contributed by atoms with van der Waals surface area (Å²) in [6.45, 7) is 3.24. The highest BCUT2D eigenvalue weighted by Crippen LogP contribution is 2.41. The number of hydrogen-bond donors (Lipinski definition) is 2. The Bertz CT molecular complexity index is 1370. The third-order valence-corrected chi connectivity index (χ3v) is 7.97. The smallest absolute Gasteiger partial charge is 0.369 e. The van der Waals surface area contributed by atoms with Crippen LogP contribution in [0.2, 0.25) is 5.02 Å². The van der Waals surface area contributed by atoms with Gasteiger partial charge in [0.25, 0.3) is 17.1 Å². The first-order valence-electron chi connectivity index (χ1n) is 12.5. The maximum absolute atomic E-state index is 13.9. The number of halogens is 4. The molecule has 1 aromatic heterocycles. The monoisotopic (exact) mass is 548 g/mol. The molecule has 0 saturated carbocycles. The lowest BCUT2D eigenvalue weighted by atomic mass is 9.90. The SMILES string of the molecule is O=C(N1CCC(N2CCN(c3cc(Cl)c4c(=O)[nH]ccc4c3)CC2)CC1)[C@](O)(c1ccccc1)C(F)(F)F. The molecule has 1 amide bonds. The van der Waals surface area contributed by atoms with Gasteiger partial charge in [-0.3, -0.25) is 14.5 Å². The van der Waals surface area contributed by atoms with Crippen LogP contribution in [0.3, 0.4) is 0 Å². The first kappa shape index (κ1) is 26.5. The van der Waals surface area contributed by atoms with Gasteiger partial charge in [-0.1, -0.05) is 41.9 Å². The van der Waals surface area contributed by atoms with Gasteiger partial charge in [0.1, 0.15) is 0 Å². The predicted molar refractivity (Wildman–Crippen MR) is 139 cm³/mol. The van der Waals surface area contributed by atoms with Crippen LogP contribution in [0.1, 0.15) is 18.4 Å². The van der Waals surface area contributed by atoms with Crippen LogP contribution in [-0.4, -0.2) is 77.3 Å². The average Bonchev–Trinajstić information content (AvgIpc) is 2.92. The molecule has 7 nitrogen and oxygen atoms in total. The number of amides is 1. The number of aromatic amines is 1. The summed E-state index contributed by atoms with van der Waals surface area (Å²) in [7, 11) is 0. The summed E-state index contributed by atoms with van der Waals surface area (Å²) < 4.78 is 41.8. The van der Waals surface area contributed by atoms with Gasteiger partial charge in [0, 0.05) is 62.8 Å². The maximum Gasteiger partial charge on any atom is 0.430 e. The summed E-state index contributed by atoms with van der Waals surface area (Å²) in [4.78, 5) is 33.4. The number of anilines is 1. The molecular weight excluding hydrogens is 521 g/mol. The molecule has 0 unspecified atom stereocenters. The number of piperidine rings is 1. The van der Waals surface area contributed by atoms with Crippen molar-refractivity contribution in [3.8, 4) is 0 Å². The Balaban J connectivity index is 1.21. The van der Waals surface area contributed by atoms with Gasteiger partial charge in [-0.25, -0.2) is 0 Å². The van der Waals surface area contributed by atoms with Gasteiger partial charge in [0.2, 0.25) is 0 Å². The summed E-state index contributed by atoms with van der Waals surface area (Å²) >= 11 is 6.40. The molecule has 5 rings (SSSR count). The number of aliphatic hydroxyl groups is 1. The van der Waals surface area contributed by atoms with E-state index in [4.69, 9.17) is 11.6 Å². The van der Waals surface area contributed by atoms with E-state index in [1.807, 2.05) is 12.1 Å². The molecule has 2 aliphatic heterocycles. The standard InChI is InChI=1S/C27H28ClF3N4O3/c28-22-17-21(16-18-6-9-32-24(36)23(18)22)34-14-12-33(13-15-34)20-7-10-35(11-8-20)25(37)26(38,27(29,30)31)19-4-2-1-3-5-19/h1-6,9,16-17,20,38H,7-8,10-15H2,(H,32,36)/t26-/m1/s1. The number of pyridine rings is 1. The molecule has 2 fully saturated rings. The zero-order valence-corrected chi connectivity index (χ0v) is 21.3. The fraction of sp³-hybridized carbons (Fsp3) is 0.407. The fourth-order valence-corrected chi connectivity index (χ4v) is 5.85. The van der Waals surface area contributed by atoms with Crippen molar-refractivity contribution in [2.75, 3.05) is 44.2 Å². The van der Waals surface area contributed by atoms with E-state index >= 15 is 0 Å². The lowest BCUT2D eigenvalue weighted by Gasteiger charge is -2.44. The highest BCUT2D eigenvalue weighted by atomic mass is 35.5. The Labute approximate surface area is 222 Å². The van der Waals surface area contributed by atoms with Crippen LogP contribution in [0.5, 0.6) is 0 Å². The molecule has 0 radical (unpaired) electrons. The first-order valence-corrected chi connectivity index (χ1v) is 12.9. The van der Waals surface area contributed by atoms with Crippen LogP contribution < -0.4 is 10.5 Å². The van der Waals surface area contributed by atoms with E-state index < -0.39 is 23.2 Å². The molecule has 0 aliphatic carbocycles. The van der Waals surface area contributed by atoms with Gasteiger partial charge < -0.3 is 19.9 Å². The van der Waals surface area contributed by atoms with Crippen molar-refractivity contribution in [2.45, 2.75) is 30.7 Å². The van der Waals surface area contributed by atoms with Crippen molar-refractivity contribution < 1.29 is 23.1 Å². The topological polar surface area (TPSA) is 79.9 Å². The number of likely N-dealkylation sites (tertiary alicyclic amines) is 1. The van der Waals surface area contributed by atoms with Crippen molar-refractivity contribution >= 4 is 34.0 Å². The van der Waals surface area contributed by atoms with Gasteiger partial charge in [-0.15, -0.1) is 0 Å². The number of carbonyl (C=O) groups is 1. The molecule has 3 aromatic rings. The van der Waals surface area contributed by atoms with E-state index in [-0.39, 0.29) is 24.7 Å². The molecule has 3 heterocycles. The number of H-pyrrole nitrogens is 1. The third-order valence-electron chi connectivity index (χ3n) is 7.67. The number of benzene rings is 2. The second-order valence-corrected chi connectivity index (χ2v) is 10.2. The number of aromatic nitrogens is 1. The van der Waals surface area contributed by atoms with Crippen molar-refractivity contribution in [3.05, 3.63) is 75.7 Å². The molecule has 38 heavy (non-hydrogen) atoms. The largest absolute Gasteiger partial charge is 0.430 e. The van der Waals surface area contributed by atoms with Crippen LogP contribution in [0.15, 0.2) is 59.5 Å². The Morgan fingerprint density at radius 1 is 0.974 bits per heavy atom. The fourth-order valence-electron chi connectivity index (χ4n) is 5.54. The van der Waals surface area contributed by atoms with Crippen LogP contribution in [0.4, 0.5) is 18.9 Å². The molecule has 2 aliphatic rings. The predicted octanol–water partition coefficient (Wildman–Crippen LogP) is 3.74. The molecule has 2 N–H and O–H groups in total. The minimum atomic E-state index is -5.14. The number of carbonyl (C=O) groups excluding carboxylic acids is 1. The van der Waals surface area contributed by atoms with Gasteiger partial charge in [-0.2, -0.15) is 13.2 Å². The van der Waals surface area contributed by atoms with Gasteiger partial charge in [-0.05, 0) is 36.4 Å². The molecule has 202 valence electrons. The zero-order valence-electron chi connectivity index (χ0n) is 20.5. The first-order chi connectivity index (χ1) is 18.1. The van der Waals surface area contributed by atoms with Crippen molar-refractivity contribution in [3.63, 3.8) is 0 Å². The molecular formula is C27H28ClF3N4O3. The molecule has 1 atom stereocenters. The summed E-state index contributed by atoms with van der Waals surface area (Å²) in [6.07, 6.45) is -2.49. The average molecular weight is 549 g/mol. The van der Waals surface area contributed by atoms with Gasteiger partial charge >= 0.3 is 6.18 Å². The number of fused-ring (bicyclic) bond motifs is 1. The lowest BCUT2D eigenvalue weighted by molar-refractivity contribution is -0.262. The number of hydrogen-bond acceptors (Lipinski definition) is 5. The molecule has 2 aromatic carbocycles. The third kappa shape index (κ3) is 4.76. The molecule has 0 bridgehead atoms. The second-order valence-electron chi connectivity index (χ2n) is 9.82. The van der Waals surface area contributed by atoms with E-state index in [2.05, 4.69) is 14.8 Å². The Hall–Kier alpha value is -3.08. The number of piperazine rings is 1. The van der Waals surface area contributed by atoms with Crippen molar-refractivity contribution in [2.24, 2.45) is 0 Å². The normalized spacial score (nSPS) is 19.5.